The van der Waals surface area contributed by atoms with E-state index in [9.17, 15) is 9.18 Å². The summed E-state index contributed by atoms with van der Waals surface area (Å²) >= 11 is 2.16. The molecule has 0 aliphatic rings. The molecule has 2 aromatic rings. The van der Waals surface area contributed by atoms with Crippen molar-refractivity contribution in [2.24, 2.45) is 0 Å². The highest BCUT2D eigenvalue weighted by atomic mass is 127. The van der Waals surface area contributed by atoms with E-state index >= 15 is 0 Å². The fourth-order valence-corrected chi connectivity index (χ4v) is 2.49. The van der Waals surface area contributed by atoms with Gasteiger partial charge in [0.2, 0.25) is 0 Å². The molecule has 1 N–H and O–H groups in total. The minimum atomic E-state index is -0.354. The van der Waals surface area contributed by atoms with Gasteiger partial charge in [-0.25, -0.2) is 9.18 Å². The number of nitrogens with one attached hydrogen (secondary N) is 1. The van der Waals surface area contributed by atoms with Gasteiger partial charge in [0, 0.05) is 16.2 Å². The standard InChI is InChI=1S/C16H16FIN2O/c1-11(12-7-3-4-8-13(12)17)20(2)16(21)19-15-10-6-5-9-14(15)18/h3-11H,1-2H3,(H,19,21). The summed E-state index contributed by atoms with van der Waals surface area (Å²) in [4.78, 5) is 13.8. The lowest BCUT2D eigenvalue weighted by atomic mass is 10.1. The van der Waals surface area contributed by atoms with Crippen molar-refractivity contribution in [2.75, 3.05) is 12.4 Å². The summed E-state index contributed by atoms with van der Waals surface area (Å²) in [5.41, 5.74) is 1.24. The van der Waals surface area contributed by atoms with Gasteiger partial charge in [0.15, 0.2) is 0 Å². The first-order valence-electron chi connectivity index (χ1n) is 6.53. The molecule has 0 aromatic heterocycles. The summed E-state index contributed by atoms with van der Waals surface area (Å²) in [6, 6.07) is 13.4. The molecule has 1 atom stereocenters. The van der Waals surface area contributed by atoms with Crippen LogP contribution in [0.1, 0.15) is 18.5 Å². The lowest BCUT2D eigenvalue weighted by Gasteiger charge is -2.26. The van der Waals surface area contributed by atoms with Crippen LogP contribution in [-0.4, -0.2) is 18.0 Å². The molecule has 0 aliphatic heterocycles. The number of amides is 2. The second kappa shape index (κ2) is 6.89. The molecule has 0 aliphatic carbocycles. The number of para-hydroxylation sites is 1. The SMILES string of the molecule is CC(c1ccccc1F)N(C)C(=O)Nc1ccccc1I. The van der Waals surface area contributed by atoms with Gasteiger partial charge in [-0.2, -0.15) is 0 Å². The summed E-state index contributed by atoms with van der Waals surface area (Å²) in [7, 11) is 1.66. The van der Waals surface area contributed by atoms with Crippen LogP contribution in [0.25, 0.3) is 0 Å². The number of carbonyl (C=O) groups is 1. The van der Waals surface area contributed by atoms with E-state index in [0.29, 0.717) is 5.56 Å². The number of benzene rings is 2. The van der Waals surface area contributed by atoms with Gasteiger partial charge in [-0.1, -0.05) is 30.3 Å². The van der Waals surface area contributed by atoms with E-state index in [1.165, 1.54) is 11.0 Å². The van der Waals surface area contributed by atoms with Gasteiger partial charge in [-0.15, -0.1) is 0 Å². The first-order chi connectivity index (χ1) is 10.0. The van der Waals surface area contributed by atoms with E-state index in [-0.39, 0.29) is 17.9 Å². The number of hydrogen-bond donors (Lipinski definition) is 1. The van der Waals surface area contributed by atoms with Crippen molar-refractivity contribution in [3.63, 3.8) is 0 Å². The molecule has 2 amide bonds. The van der Waals surface area contributed by atoms with Crippen molar-refractivity contribution < 1.29 is 9.18 Å². The number of nitrogens with zero attached hydrogens (tertiary/aromatic N) is 1. The van der Waals surface area contributed by atoms with E-state index in [4.69, 9.17) is 0 Å². The molecule has 0 saturated heterocycles. The molecular formula is C16H16FIN2O. The first-order valence-corrected chi connectivity index (χ1v) is 7.61. The van der Waals surface area contributed by atoms with Crippen LogP contribution in [0.4, 0.5) is 14.9 Å². The zero-order valence-corrected chi connectivity index (χ0v) is 14.0. The van der Waals surface area contributed by atoms with Crippen molar-refractivity contribution in [3.8, 4) is 0 Å². The normalized spacial score (nSPS) is 11.8. The fourth-order valence-electron chi connectivity index (χ4n) is 1.96. The van der Waals surface area contributed by atoms with E-state index in [1.54, 1.807) is 32.2 Å². The van der Waals surface area contributed by atoms with Crippen LogP contribution >= 0.6 is 22.6 Å². The highest BCUT2D eigenvalue weighted by Crippen LogP contribution is 2.23. The summed E-state index contributed by atoms with van der Waals surface area (Å²) in [6.07, 6.45) is 0. The molecule has 21 heavy (non-hydrogen) atoms. The molecular weight excluding hydrogens is 382 g/mol. The number of anilines is 1. The molecule has 0 bridgehead atoms. The Labute approximate surface area is 137 Å². The molecule has 2 rings (SSSR count). The van der Waals surface area contributed by atoms with Crippen molar-refractivity contribution in [3.05, 3.63) is 63.5 Å². The zero-order chi connectivity index (χ0) is 15.4. The molecule has 5 heteroatoms. The molecule has 0 spiro atoms. The van der Waals surface area contributed by atoms with Crippen LogP contribution < -0.4 is 5.32 Å². The quantitative estimate of drug-likeness (QED) is 0.750. The van der Waals surface area contributed by atoms with Gasteiger partial charge in [-0.05, 0) is 47.7 Å². The average molecular weight is 398 g/mol. The van der Waals surface area contributed by atoms with Crippen LogP contribution in [0.5, 0.6) is 0 Å². The van der Waals surface area contributed by atoms with Crippen molar-refractivity contribution in [1.29, 1.82) is 0 Å². The molecule has 1 unspecified atom stereocenters. The summed E-state index contributed by atoms with van der Waals surface area (Å²) in [5.74, 6) is -0.307. The Morgan fingerprint density at radius 3 is 2.48 bits per heavy atom. The van der Waals surface area contributed by atoms with E-state index in [2.05, 4.69) is 27.9 Å². The van der Waals surface area contributed by atoms with Gasteiger partial charge in [0.25, 0.3) is 0 Å². The van der Waals surface area contributed by atoms with E-state index in [0.717, 1.165) is 9.26 Å². The maximum atomic E-state index is 13.8. The van der Waals surface area contributed by atoms with Gasteiger partial charge in [0.05, 0.1) is 11.7 Å². The third kappa shape index (κ3) is 3.72. The summed E-state index contributed by atoms with van der Waals surface area (Å²) < 4.78 is 14.7. The van der Waals surface area contributed by atoms with Crippen LogP contribution in [0, 0.1) is 9.39 Å². The molecule has 110 valence electrons. The maximum Gasteiger partial charge on any atom is 0.322 e. The average Bonchev–Trinajstić information content (AvgIpc) is 2.48. The molecule has 0 saturated carbocycles. The van der Waals surface area contributed by atoms with Crippen molar-refractivity contribution in [1.82, 2.24) is 4.90 Å². The number of halogens is 2. The Morgan fingerprint density at radius 2 is 1.81 bits per heavy atom. The Kier molecular flexibility index (Phi) is 5.17. The molecule has 0 radical (unpaired) electrons. The summed E-state index contributed by atoms with van der Waals surface area (Å²) in [6.45, 7) is 1.80. The second-order valence-corrected chi connectivity index (χ2v) is 5.88. The van der Waals surface area contributed by atoms with E-state index < -0.39 is 0 Å². The first kappa shape index (κ1) is 15.8. The molecule has 3 nitrogen and oxygen atoms in total. The molecule has 0 fully saturated rings. The van der Waals surface area contributed by atoms with Gasteiger partial charge >= 0.3 is 6.03 Å². The van der Waals surface area contributed by atoms with Crippen LogP contribution in [0.3, 0.4) is 0 Å². The topological polar surface area (TPSA) is 32.3 Å². The van der Waals surface area contributed by atoms with E-state index in [1.807, 2.05) is 24.3 Å². The predicted octanol–water partition coefficient (Wildman–Crippen LogP) is 4.66. The predicted molar refractivity (Wildman–Crippen MR) is 90.8 cm³/mol. The Balaban J connectivity index is 2.13. The number of urea groups is 1. The molecule has 0 heterocycles. The van der Waals surface area contributed by atoms with Gasteiger partial charge in [-0.3, -0.25) is 0 Å². The van der Waals surface area contributed by atoms with Crippen LogP contribution in [0.2, 0.25) is 0 Å². The van der Waals surface area contributed by atoms with Gasteiger partial charge in [0.1, 0.15) is 5.82 Å². The number of rotatable bonds is 3. The maximum absolute atomic E-state index is 13.8. The lowest BCUT2D eigenvalue weighted by Crippen LogP contribution is -2.34. The number of carbonyl (C=O) groups excluding carboxylic acids is 1. The Morgan fingerprint density at radius 1 is 1.19 bits per heavy atom. The lowest BCUT2D eigenvalue weighted by molar-refractivity contribution is 0.207. The zero-order valence-electron chi connectivity index (χ0n) is 11.8. The van der Waals surface area contributed by atoms with Gasteiger partial charge < -0.3 is 10.2 Å². The third-order valence-electron chi connectivity index (χ3n) is 3.37. The molecule has 2 aromatic carbocycles. The second-order valence-electron chi connectivity index (χ2n) is 4.72. The highest BCUT2D eigenvalue weighted by Gasteiger charge is 2.20. The van der Waals surface area contributed by atoms with Crippen molar-refractivity contribution >= 4 is 34.3 Å². The fraction of sp³-hybridized carbons (Fsp3) is 0.188. The third-order valence-corrected chi connectivity index (χ3v) is 4.31. The minimum Gasteiger partial charge on any atom is -0.321 e. The smallest absolute Gasteiger partial charge is 0.321 e. The van der Waals surface area contributed by atoms with Crippen molar-refractivity contribution in [2.45, 2.75) is 13.0 Å². The van der Waals surface area contributed by atoms with Crippen LogP contribution in [0.15, 0.2) is 48.5 Å². The highest BCUT2D eigenvalue weighted by molar-refractivity contribution is 14.1. The monoisotopic (exact) mass is 398 g/mol. The summed E-state index contributed by atoms with van der Waals surface area (Å²) in [5, 5.41) is 2.84. The Bertz CT molecular complexity index is 648. The van der Waals surface area contributed by atoms with Crippen LogP contribution in [-0.2, 0) is 0 Å². The Hall–Kier alpha value is -1.63. The number of hydrogen-bond acceptors (Lipinski definition) is 1. The largest absolute Gasteiger partial charge is 0.322 e. The minimum absolute atomic E-state index is 0.269.